The minimum Gasteiger partial charge on any atom is -0.376 e. The van der Waals surface area contributed by atoms with Gasteiger partial charge in [-0.25, -0.2) is 0 Å². The molecule has 2 aromatic rings. The number of hydrogen-bond donors (Lipinski definition) is 6. The molecule has 0 aliphatic heterocycles. The molecule has 0 bridgehead atoms. The van der Waals surface area contributed by atoms with E-state index in [0.717, 1.165) is 22.5 Å². The number of benzene rings is 2. The average molecular weight is 421 g/mol. The summed E-state index contributed by atoms with van der Waals surface area (Å²) in [6.45, 7) is 0. The fraction of sp³-hybridized carbons (Fsp3) is 0. The van der Waals surface area contributed by atoms with Crippen LogP contribution in [0.2, 0.25) is 0 Å². The van der Waals surface area contributed by atoms with Gasteiger partial charge in [-0.15, -0.1) is 0 Å². The summed E-state index contributed by atoms with van der Waals surface area (Å²) in [5.41, 5.74) is 14.5. The number of hydrogen-bond acceptors (Lipinski definition) is 4. The molecule has 0 spiro atoms. The molecule has 0 fully saturated rings. The Hall–Kier alpha value is -2.40. The molecule has 0 aliphatic rings. The summed E-state index contributed by atoms with van der Waals surface area (Å²) in [7, 11) is 0. The molecule has 8 N–H and O–H groups in total. The topological polar surface area (TPSA) is 100 Å². The smallest absolute Gasteiger partial charge is 0.177 e. The molecule has 0 saturated carbocycles. The molecule has 2 rings (SSSR count). The van der Waals surface area contributed by atoms with Crippen molar-refractivity contribution in [2.45, 2.75) is 0 Å². The summed E-state index contributed by atoms with van der Waals surface area (Å²) in [4.78, 5) is 0. The number of rotatable bonds is 3. The van der Waals surface area contributed by atoms with Crippen molar-refractivity contribution in [1.29, 1.82) is 0 Å². The molecular weight excluding hydrogens is 404 g/mol. The van der Waals surface area contributed by atoms with Crippen LogP contribution in [0.25, 0.3) is 11.1 Å². The maximum atomic E-state index is 5.38. The van der Waals surface area contributed by atoms with E-state index in [1.807, 2.05) is 48.5 Å². The fourth-order valence-electron chi connectivity index (χ4n) is 2.04. The highest BCUT2D eigenvalue weighted by molar-refractivity contribution is 7.82. The minimum absolute atomic E-state index is 0.121. The largest absolute Gasteiger partial charge is 0.376 e. The van der Waals surface area contributed by atoms with E-state index in [9.17, 15) is 0 Å². The Kier molecular flexibility index (Phi) is 7.16. The van der Waals surface area contributed by atoms with Gasteiger partial charge in [0.1, 0.15) is 0 Å². The molecule has 0 unspecified atom stereocenters. The summed E-state index contributed by atoms with van der Waals surface area (Å²) in [6, 6.07) is 15.6. The molecule has 0 heterocycles. The maximum absolute atomic E-state index is 5.38. The van der Waals surface area contributed by atoms with Crippen LogP contribution in [-0.4, -0.2) is 20.4 Å². The highest BCUT2D eigenvalue weighted by Crippen LogP contribution is 2.23. The highest BCUT2D eigenvalue weighted by atomic mass is 32.1. The third kappa shape index (κ3) is 6.48. The van der Waals surface area contributed by atoms with E-state index in [2.05, 4.69) is 21.3 Å². The lowest BCUT2D eigenvalue weighted by Crippen LogP contribution is -2.37. The van der Waals surface area contributed by atoms with E-state index in [4.69, 9.17) is 60.3 Å². The maximum Gasteiger partial charge on any atom is 0.177 e. The number of nitrogens with one attached hydrogen (secondary N) is 4. The Balaban J connectivity index is 2.00. The number of anilines is 2. The van der Waals surface area contributed by atoms with Crippen molar-refractivity contribution in [3.05, 3.63) is 48.5 Å². The molecule has 10 heteroatoms. The van der Waals surface area contributed by atoms with Crippen molar-refractivity contribution < 1.29 is 0 Å². The standard InChI is InChI=1S/C16H16N6S4/c17-13(23)21-15(25)19-11-5-1-9(2-6-11)10-3-7-12(8-4-10)20-16(26)22-14(18)24/h1-8H,(H4,17,19,21,23,25)(H4,18,20,22,24,26). The zero-order valence-electron chi connectivity index (χ0n) is 13.4. The molecule has 6 nitrogen and oxygen atoms in total. The summed E-state index contributed by atoms with van der Waals surface area (Å²) >= 11 is 19.6. The van der Waals surface area contributed by atoms with Crippen molar-refractivity contribution >= 4 is 80.7 Å². The zero-order chi connectivity index (χ0) is 19.1. The first kappa shape index (κ1) is 19.9. The molecule has 0 atom stereocenters. The lowest BCUT2D eigenvalue weighted by molar-refractivity contribution is 1.38. The molecule has 26 heavy (non-hydrogen) atoms. The van der Waals surface area contributed by atoms with Gasteiger partial charge in [0.15, 0.2) is 20.4 Å². The summed E-state index contributed by atoms with van der Waals surface area (Å²) in [5.74, 6) is 0. The van der Waals surface area contributed by atoms with Crippen LogP contribution in [0, 0.1) is 0 Å². The van der Waals surface area contributed by atoms with Gasteiger partial charge in [0, 0.05) is 11.4 Å². The minimum atomic E-state index is 0.121. The van der Waals surface area contributed by atoms with Gasteiger partial charge in [-0.1, -0.05) is 24.3 Å². The first-order chi connectivity index (χ1) is 12.3. The van der Waals surface area contributed by atoms with E-state index in [1.165, 1.54) is 0 Å². The number of nitrogens with two attached hydrogens (primary N) is 2. The molecule has 134 valence electrons. The summed E-state index contributed by atoms with van der Waals surface area (Å²) in [5, 5.41) is 12.3. The van der Waals surface area contributed by atoms with Crippen molar-refractivity contribution in [1.82, 2.24) is 10.6 Å². The van der Waals surface area contributed by atoms with Crippen LogP contribution < -0.4 is 32.7 Å². The lowest BCUT2D eigenvalue weighted by Gasteiger charge is -2.11. The Labute approximate surface area is 172 Å². The van der Waals surface area contributed by atoms with Crippen molar-refractivity contribution in [3.63, 3.8) is 0 Å². The monoisotopic (exact) mass is 420 g/mol. The van der Waals surface area contributed by atoms with Crippen molar-refractivity contribution in [2.24, 2.45) is 11.5 Å². The van der Waals surface area contributed by atoms with Crippen LogP contribution >= 0.6 is 48.9 Å². The van der Waals surface area contributed by atoms with Crippen LogP contribution in [0.4, 0.5) is 11.4 Å². The predicted molar refractivity (Wildman–Crippen MR) is 124 cm³/mol. The van der Waals surface area contributed by atoms with E-state index in [0.29, 0.717) is 10.2 Å². The molecule has 0 aliphatic carbocycles. The summed E-state index contributed by atoms with van der Waals surface area (Å²) in [6.07, 6.45) is 0. The quantitative estimate of drug-likeness (QED) is 0.415. The van der Waals surface area contributed by atoms with Crippen LogP contribution in [0.1, 0.15) is 0 Å². The van der Waals surface area contributed by atoms with E-state index in [-0.39, 0.29) is 10.2 Å². The highest BCUT2D eigenvalue weighted by Gasteiger charge is 2.02. The van der Waals surface area contributed by atoms with Gasteiger partial charge < -0.3 is 32.7 Å². The van der Waals surface area contributed by atoms with Crippen molar-refractivity contribution in [2.75, 3.05) is 10.6 Å². The predicted octanol–water partition coefficient (Wildman–Crippen LogP) is 2.41. The van der Waals surface area contributed by atoms with E-state index in [1.54, 1.807) is 0 Å². The van der Waals surface area contributed by atoms with Gasteiger partial charge in [0.25, 0.3) is 0 Å². The fourth-order valence-corrected chi connectivity index (χ4v) is 2.83. The molecule has 0 saturated heterocycles. The Bertz CT molecular complexity index is 761. The van der Waals surface area contributed by atoms with Gasteiger partial charge in [-0.2, -0.15) is 0 Å². The third-order valence-electron chi connectivity index (χ3n) is 3.09. The Morgan fingerprint density at radius 1 is 0.577 bits per heavy atom. The van der Waals surface area contributed by atoms with Gasteiger partial charge in [0.05, 0.1) is 0 Å². The van der Waals surface area contributed by atoms with Crippen molar-refractivity contribution in [3.8, 4) is 11.1 Å². The second-order valence-corrected chi connectivity index (χ2v) is 6.74. The second kappa shape index (κ2) is 9.34. The molecule has 0 amide bonds. The second-order valence-electron chi connectivity index (χ2n) is 5.04. The molecule has 2 aromatic carbocycles. The van der Waals surface area contributed by atoms with Crippen LogP contribution in [0.3, 0.4) is 0 Å². The molecule has 0 radical (unpaired) electrons. The Morgan fingerprint density at radius 2 is 0.885 bits per heavy atom. The van der Waals surface area contributed by atoms with E-state index < -0.39 is 0 Å². The first-order valence-electron chi connectivity index (χ1n) is 7.29. The third-order valence-corrected chi connectivity index (χ3v) is 3.70. The first-order valence-corrected chi connectivity index (χ1v) is 8.92. The van der Waals surface area contributed by atoms with Crippen LogP contribution in [0.5, 0.6) is 0 Å². The van der Waals surface area contributed by atoms with E-state index >= 15 is 0 Å². The van der Waals surface area contributed by atoms with Gasteiger partial charge >= 0.3 is 0 Å². The van der Waals surface area contributed by atoms with Crippen LogP contribution in [-0.2, 0) is 0 Å². The normalized spacial score (nSPS) is 9.69. The Morgan fingerprint density at radius 3 is 1.15 bits per heavy atom. The average Bonchev–Trinajstić information content (AvgIpc) is 2.54. The van der Waals surface area contributed by atoms with Gasteiger partial charge in [0.2, 0.25) is 0 Å². The van der Waals surface area contributed by atoms with Gasteiger partial charge in [-0.05, 0) is 84.3 Å². The number of thiocarbonyl (C=S) groups is 4. The molecular formula is C16H16N6S4. The molecule has 0 aromatic heterocycles. The van der Waals surface area contributed by atoms with Crippen LogP contribution in [0.15, 0.2) is 48.5 Å². The SMILES string of the molecule is NC(=S)NC(=S)Nc1ccc(-c2ccc(NC(=S)NC(N)=S)cc2)cc1. The van der Waals surface area contributed by atoms with Gasteiger partial charge in [-0.3, -0.25) is 0 Å². The zero-order valence-corrected chi connectivity index (χ0v) is 16.7. The lowest BCUT2D eigenvalue weighted by atomic mass is 10.1. The summed E-state index contributed by atoms with van der Waals surface area (Å²) < 4.78 is 0.